The van der Waals surface area contributed by atoms with E-state index in [-0.39, 0.29) is 11.9 Å². The lowest BCUT2D eigenvalue weighted by Crippen LogP contribution is -2.33. The molecule has 1 N–H and O–H groups in total. The molecule has 3 rings (SSSR count). The molecule has 1 amide bonds. The Kier molecular flexibility index (Phi) is 5.45. The molecule has 124 valence electrons. The molecule has 0 bridgehead atoms. The fraction of sp³-hybridized carbons (Fsp3) is 0.211. The molecule has 0 radical (unpaired) electrons. The van der Waals surface area contributed by atoms with Gasteiger partial charge in [0.25, 0.3) is 0 Å². The summed E-state index contributed by atoms with van der Waals surface area (Å²) in [6.07, 6.45) is 3.45. The predicted molar refractivity (Wildman–Crippen MR) is 105 cm³/mol. The first-order valence-electron chi connectivity index (χ1n) is 7.77. The molecule has 3 nitrogen and oxygen atoms in total. The Morgan fingerprint density at radius 2 is 2.04 bits per heavy atom. The summed E-state index contributed by atoms with van der Waals surface area (Å²) in [5, 5.41) is 8.49. The predicted octanol–water partition coefficient (Wildman–Crippen LogP) is 4.40. The molecule has 0 saturated heterocycles. The van der Waals surface area contributed by atoms with Gasteiger partial charge in [-0.1, -0.05) is 24.3 Å². The lowest BCUT2D eigenvalue weighted by Gasteiger charge is -2.24. The standard InChI is InChI=1S/C19H20N2OS2/c1-21(2)17(16-13-24-18-8-4-3-7-15(16)18)12-20-19(22)10-9-14-6-5-11-23-14/h3-11,13,17H,12H2,1-2H3,(H,20,22)/b10-9+. The first-order valence-corrected chi connectivity index (χ1v) is 9.53. The summed E-state index contributed by atoms with van der Waals surface area (Å²) >= 11 is 3.37. The van der Waals surface area contributed by atoms with Crippen LogP contribution in [0, 0.1) is 0 Å². The zero-order valence-corrected chi connectivity index (χ0v) is 15.4. The summed E-state index contributed by atoms with van der Waals surface area (Å²) in [4.78, 5) is 15.3. The Balaban J connectivity index is 1.69. The van der Waals surface area contributed by atoms with E-state index in [1.807, 2.05) is 37.7 Å². The molecule has 24 heavy (non-hydrogen) atoms. The molecule has 0 aliphatic carbocycles. The van der Waals surface area contributed by atoms with Crippen LogP contribution in [0.2, 0.25) is 0 Å². The molecular formula is C19H20N2OS2. The minimum atomic E-state index is -0.0604. The minimum absolute atomic E-state index is 0.0604. The number of thiophene rings is 2. The highest BCUT2D eigenvalue weighted by Gasteiger charge is 2.18. The van der Waals surface area contributed by atoms with Gasteiger partial charge >= 0.3 is 0 Å². The number of carbonyl (C=O) groups is 1. The number of hydrogen-bond acceptors (Lipinski definition) is 4. The van der Waals surface area contributed by atoms with Crippen molar-refractivity contribution in [3.05, 3.63) is 63.7 Å². The van der Waals surface area contributed by atoms with E-state index in [9.17, 15) is 4.79 Å². The Morgan fingerprint density at radius 1 is 1.21 bits per heavy atom. The van der Waals surface area contributed by atoms with Crippen molar-refractivity contribution in [2.75, 3.05) is 20.6 Å². The Hall–Kier alpha value is -1.95. The van der Waals surface area contributed by atoms with E-state index < -0.39 is 0 Å². The van der Waals surface area contributed by atoms with E-state index in [0.29, 0.717) is 6.54 Å². The van der Waals surface area contributed by atoms with Gasteiger partial charge in [-0.25, -0.2) is 0 Å². The highest BCUT2D eigenvalue weighted by Crippen LogP contribution is 2.31. The van der Waals surface area contributed by atoms with Crippen molar-refractivity contribution in [2.24, 2.45) is 0 Å². The van der Waals surface area contributed by atoms with Crippen molar-refractivity contribution >= 4 is 44.7 Å². The molecule has 0 fully saturated rings. The van der Waals surface area contributed by atoms with Gasteiger partial charge in [0, 0.05) is 22.2 Å². The molecule has 0 aliphatic rings. The first-order chi connectivity index (χ1) is 11.6. The van der Waals surface area contributed by atoms with Crippen LogP contribution in [-0.2, 0) is 4.79 Å². The van der Waals surface area contributed by atoms with Gasteiger partial charge in [0.15, 0.2) is 0 Å². The van der Waals surface area contributed by atoms with Crippen molar-refractivity contribution in [1.29, 1.82) is 0 Å². The monoisotopic (exact) mass is 356 g/mol. The summed E-state index contributed by atoms with van der Waals surface area (Å²) in [6, 6.07) is 12.5. The van der Waals surface area contributed by atoms with E-state index in [0.717, 1.165) is 4.88 Å². The van der Waals surface area contributed by atoms with Crippen LogP contribution in [0.4, 0.5) is 0 Å². The normalized spacial score (nSPS) is 13.0. The van der Waals surface area contributed by atoms with Gasteiger partial charge in [0.05, 0.1) is 6.04 Å². The number of benzene rings is 1. The molecule has 5 heteroatoms. The molecule has 0 spiro atoms. The molecule has 0 saturated carbocycles. The highest BCUT2D eigenvalue weighted by atomic mass is 32.1. The SMILES string of the molecule is CN(C)C(CNC(=O)/C=C/c1cccs1)c1csc2ccccc12. The number of hydrogen-bond donors (Lipinski definition) is 1. The van der Waals surface area contributed by atoms with Crippen LogP contribution >= 0.6 is 22.7 Å². The number of nitrogens with one attached hydrogen (secondary N) is 1. The zero-order valence-electron chi connectivity index (χ0n) is 13.7. The van der Waals surface area contributed by atoms with Gasteiger partial charge in [0.1, 0.15) is 0 Å². The highest BCUT2D eigenvalue weighted by molar-refractivity contribution is 7.17. The van der Waals surface area contributed by atoms with Crippen LogP contribution in [0.5, 0.6) is 0 Å². The quantitative estimate of drug-likeness (QED) is 0.664. The molecule has 0 aliphatic heterocycles. The third-order valence-electron chi connectivity index (χ3n) is 3.91. The number of amides is 1. The second-order valence-corrected chi connectivity index (χ2v) is 7.65. The maximum absolute atomic E-state index is 12.1. The molecule has 2 heterocycles. The number of likely N-dealkylation sites (N-methyl/N-ethyl adjacent to an activating group) is 1. The molecule has 1 atom stereocenters. The average Bonchev–Trinajstić information content (AvgIpc) is 3.23. The van der Waals surface area contributed by atoms with Gasteiger partial charge in [-0.05, 0) is 54.0 Å². The minimum Gasteiger partial charge on any atom is -0.351 e. The topological polar surface area (TPSA) is 32.3 Å². The summed E-state index contributed by atoms with van der Waals surface area (Å²) in [7, 11) is 4.09. The first kappa shape index (κ1) is 16.9. The largest absolute Gasteiger partial charge is 0.351 e. The van der Waals surface area contributed by atoms with E-state index >= 15 is 0 Å². The number of rotatable bonds is 6. The third kappa shape index (κ3) is 3.93. The van der Waals surface area contributed by atoms with Gasteiger partial charge in [-0.15, -0.1) is 22.7 Å². The lowest BCUT2D eigenvalue weighted by molar-refractivity contribution is -0.116. The molecule has 1 aromatic carbocycles. The van der Waals surface area contributed by atoms with Gasteiger partial charge in [-0.2, -0.15) is 0 Å². The van der Waals surface area contributed by atoms with E-state index in [4.69, 9.17) is 0 Å². The van der Waals surface area contributed by atoms with Crippen molar-refractivity contribution < 1.29 is 4.79 Å². The maximum atomic E-state index is 12.1. The number of fused-ring (bicyclic) bond motifs is 1. The van der Waals surface area contributed by atoms with Crippen LogP contribution in [0.1, 0.15) is 16.5 Å². The maximum Gasteiger partial charge on any atom is 0.244 e. The van der Waals surface area contributed by atoms with Crippen LogP contribution in [0.25, 0.3) is 16.2 Å². The molecule has 2 aromatic heterocycles. The van der Waals surface area contributed by atoms with Gasteiger partial charge in [-0.3, -0.25) is 4.79 Å². The summed E-state index contributed by atoms with van der Waals surface area (Å²) in [6.45, 7) is 0.585. The summed E-state index contributed by atoms with van der Waals surface area (Å²) in [5.41, 5.74) is 1.27. The summed E-state index contributed by atoms with van der Waals surface area (Å²) in [5.74, 6) is -0.0604. The Labute approximate surface area is 150 Å². The third-order valence-corrected chi connectivity index (χ3v) is 5.72. The van der Waals surface area contributed by atoms with Crippen LogP contribution in [0.3, 0.4) is 0 Å². The fourth-order valence-corrected chi connectivity index (χ4v) is 4.25. The van der Waals surface area contributed by atoms with E-state index in [2.05, 4.69) is 39.9 Å². The zero-order chi connectivity index (χ0) is 16.9. The van der Waals surface area contributed by atoms with Crippen molar-refractivity contribution in [3.63, 3.8) is 0 Å². The lowest BCUT2D eigenvalue weighted by atomic mass is 10.0. The molecular weight excluding hydrogens is 336 g/mol. The summed E-state index contributed by atoms with van der Waals surface area (Å²) < 4.78 is 1.28. The number of nitrogens with zero attached hydrogens (tertiary/aromatic N) is 1. The van der Waals surface area contributed by atoms with Gasteiger partial charge in [0.2, 0.25) is 5.91 Å². The van der Waals surface area contributed by atoms with Crippen LogP contribution in [0.15, 0.2) is 53.2 Å². The second-order valence-electron chi connectivity index (χ2n) is 5.76. The molecule has 1 unspecified atom stereocenters. The van der Waals surface area contributed by atoms with Crippen molar-refractivity contribution in [3.8, 4) is 0 Å². The molecule has 3 aromatic rings. The Morgan fingerprint density at radius 3 is 2.79 bits per heavy atom. The van der Waals surface area contributed by atoms with Crippen molar-refractivity contribution in [2.45, 2.75) is 6.04 Å². The average molecular weight is 357 g/mol. The van der Waals surface area contributed by atoms with Crippen molar-refractivity contribution in [1.82, 2.24) is 10.2 Å². The second kappa shape index (κ2) is 7.75. The van der Waals surface area contributed by atoms with E-state index in [1.54, 1.807) is 28.7 Å². The Bertz CT molecular complexity index is 834. The van der Waals surface area contributed by atoms with Gasteiger partial charge < -0.3 is 10.2 Å². The fourth-order valence-electron chi connectivity index (χ4n) is 2.63. The number of carbonyl (C=O) groups excluding carboxylic acids is 1. The van der Waals surface area contributed by atoms with Crippen LogP contribution in [-0.4, -0.2) is 31.4 Å². The van der Waals surface area contributed by atoms with E-state index in [1.165, 1.54) is 15.6 Å². The van der Waals surface area contributed by atoms with Crippen LogP contribution < -0.4 is 5.32 Å². The smallest absolute Gasteiger partial charge is 0.244 e.